The number of hydrogen-bond acceptors (Lipinski definition) is 0. The van der Waals surface area contributed by atoms with Gasteiger partial charge in [0.1, 0.15) is 0 Å². The Kier molecular flexibility index (Phi) is 110000. The third-order valence-electron chi connectivity index (χ3n) is 0. The van der Waals surface area contributed by atoms with Crippen molar-refractivity contribution in [1.82, 2.24) is 0 Å². The van der Waals surface area contributed by atoms with Crippen LogP contribution in [0, 0.1) is 0 Å². The summed E-state index contributed by atoms with van der Waals surface area (Å²) in [5, 5.41) is 0. The van der Waals surface area contributed by atoms with Gasteiger partial charge in [0.15, 0.2) is 0 Å². The zero-order valence-corrected chi connectivity index (χ0v) is 4.10. The number of halogens is 5. The van der Waals surface area contributed by atoms with Gasteiger partial charge in [-0.25, -0.2) is 0 Å². The molecular formula is H3F5Mg. The van der Waals surface area contributed by atoms with E-state index in [0.717, 1.165) is 0 Å². The summed E-state index contributed by atoms with van der Waals surface area (Å²) in [6.45, 7) is 0. The Morgan fingerprint density at radius 1 is 0.500 bits per heavy atom. The van der Waals surface area contributed by atoms with E-state index in [-0.39, 0.29) is 46.6 Å². The molecule has 0 unspecified atom stereocenters. The zero-order chi connectivity index (χ0) is 0. The first-order valence-electron chi connectivity index (χ1n) is 0. The molecule has 0 radical (unpaired) electrons. The third kappa shape index (κ3) is 297. The summed E-state index contributed by atoms with van der Waals surface area (Å²) in [6, 6.07) is 0. The molecule has 6 heavy (non-hydrogen) atoms. The van der Waals surface area contributed by atoms with E-state index in [1.54, 1.807) is 0 Å². The van der Waals surface area contributed by atoms with E-state index in [0.29, 0.717) is 0 Å². The minimum Gasteiger partial charge on any atom is -1.00 e. The van der Waals surface area contributed by atoms with Gasteiger partial charge in [-0.2, -0.15) is 0 Å². The zero-order valence-electron chi connectivity index (χ0n) is 2.69. The van der Waals surface area contributed by atoms with Crippen LogP contribution in [-0.2, 0) is 0 Å². The second-order valence-corrected chi connectivity index (χ2v) is 0. The first-order chi connectivity index (χ1) is 0. The van der Waals surface area contributed by atoms with Gasteiger partial charge in [0, 0.05) is 0 Å². The molecule has 0 aliphatic rings. The Balaban J connectivity index is 0. The summed E-state index contributed by atoms with van der Waals surface area (Å²) in [5.41, 5.74) is 0. The van der Waals surface area contributed by atoms with Crippen LogP contribution in [0.3, 0.4) is 0 Å². The predicted molar refractivity (Wildman–Crippen MR) is 13.3 cm³/mol. The van der Waals surface area contributed by atoms with E-state index in [2.05, 4.69) is 0 Å². The molecule has 0 aromatic carbocycles. The summed E-state index contributed by atoms with van der Waals surface area (Å²) in [5.74, 6) is 0. The predicted octanol–water partition coefficient (Wildman–Crippen LogP) is -5.92. The second kappa shape index (κ2) is 610. The Morgan fingerprint density at radius 3 is 0.500 bits per heavy atom. The molecule has 0 aliphatic carbocycles. The van der Waals surface area contributed by atoms with Crippen LogP contribution in [-0.4, -0.2) is 23.1 Å². The average molecular weight is 122 g/mol. The van der Waals surface area contributed by atoms with Crippen molar-refractivity contribution in [2.24, 2.45) is 0 Å². The molecule has 0 heterocycles. The van der Waals surface area contributed by atoms with Crippen LogP contribution in [0.1, 0.15) is 0 Å². The van der Waals surface area contributed by atoms with Gasteiger partial charge in [-0.3, -0.25) is 14.1 Å². The largest absolute Gasteiger partial charge is 2.00 e. The maximum Gasteiger partial charge on any atom is 2.00 e. The minimum absolute atomic E-state index is 0. The van der Waals surface area contributed by atoms with Gasteiger partial charge in [-0.15, -0.1) is 0 Å². The molecule has 0 aliphatic heterocycles. The molecule has 0 aromatic rings. The van der Waals surface area contributed by atoms with Crippen molar-refractivity contribution >= 4 is 23.1 Å². The van der Waals surface area contributed by atoms with Gasteiger partial charge in [0.25, 0.3) is 0 Å². The van der Waals surface area contributed by atoms with Gasteiger partial charge in [0.05, 0.1) is 0 Å². The van der Waals surface area contributed by atoms with Crippen LogP contribution in [0.25, 0.3) is 0 Å². The topological polar surface area (TPSA) is 0 Å². The summed E-state index contributed by atoms with van der Waals surface area (Å²) >= 11 is 0. The van der Waals surface area contributed by atoms with Gasteiger partial charge < -0.3 is 9.41 Å². The van der Waals surface area contributed by atoms with Gasteiger partial charge in [-0.1, -0.05) is 0 Å². The van der Waals surface area contributed by atoms with Crippen molar-refractivity contribution in [2.45, 2.75) is 0 Å². The fraction of sp³-hybridized carbons (Fsp3) is 0. The molecule has 6 heteroatoms. The first kappa shape index (κ1) is 1090. The molecule has 0 spiro atoms. The standard InChI is InChI=1S/5FH.Mg/h5*1H;/q;;;;;+2/p-2. The summed E-state index contributed by atoms with van der Waals surface area (Å²) in [4.78, 5) is 0. The summed E-state index contributed by atoms with van der Waals surface area (Å²) < 4.78 is 0. The van der Waals surface area contributed by atoms with Crippen LogP contribution in [0.15, 0.2) is 0 Å². The van der Waals surface area contributed by atoms with E-state index in [1.165, 1.54) is 0 Å². The fourth-order valence-corrected chi connectivity index (χ4v) is 0. The van der Waals surface area contributed by atoms with Crippen molar-refractivity contribution in [3.8, 4) is 0 Å². The van der Waals surface area contributed by atoms with E-state index < -0.39 is 0 Å². The molecular weight excluding hydrogens is 119 g/mol. The molecule has 0 fully saturated rings. The molecule has 0 atom stereocenters. The average Bonchev–Trinajstić information content (AvgIpc) is 0. The van der Waals surface area contributed by atoms with Crippen LogP contribution in [0.4, 0.5) is 14.1 Å². The SMILES string of the molecule is F.F.F.[F-].[F-].[Mg+2]. The first-order valence-corrected chi connectivity index (χ1v) is 0. The second-order valence-electron chi connectivity index (χ2n) is 0. The summed E-state index contributed by atoms with van der Waals surface area (Å²) in [6.07, 6.45) is 0. The van der Waals surface area contributed by atoms with Crippen LogP contribution < -0.4 is 9.41 Å². The minimum atomic E-state index is 0. The summed E-state index contributed by atoms with van der Waals surface area (Å²) in [7, 11) is 0. The third-order valence-corrected chi connectivity index (χ3v) is 0. The van der Waals surface area contributed by atoms with Gasteiger partial charge in [0.2, 0.25) is 0 Å². The molecule has 0 bridgehead atoms. The van der Waals surface area contributed by atoms with E-state index in [9.17, 15) is 0 Å². The Hall–Kier alpha value is 0.416. The molecule has 0 rings (SSSR count). The van der Waals surface area contributed by atoms with Crippen LogP contribution in [0.5, 0.6) is 0 Å². The molecule has 0 nitrogen and oxygen atoms in total. The van der Waals surface area contributed by atoms with Crippen molar-refractivity contribution in [1.29, 1.82) is 0 Å². The quantitative estimate of drug-likeness (QED) is 0.222. The molecule has 40 valence electrons. The van der Waals surface area contributed by atoms with Gasteiger partial charge in [-0.05, 0) is 0 Å². The molecule has 0 saturated heterocycles. The van der Waals surface area contributed by atoms with Crippen molar-refractivity contribution in [3.05, 3.63) is 0 Å². The fourth-order valence-electron chi connectivity index (χ4n) is 0. The van der Waals surface area contributed by atoms with Crippen molar-refractivity contribution in [2.75, 3.05) is 0 Å². The smallest absolute Gasteiger partial charge is 1.00 e. The Bertz CT molecular complexity index is 3.90. The normalized spacial score (nSPS) is 0. The Morgan fingerprint density at radius 2 is 0.500 bits per heavy atom. The van der Waals surface area contributed by atoms with Gasteiger partial charge >= 0.3 is 23.1 Å². The van der Waals surface area contributed by atoms with E-state index >= 15 is 0 Å². The van der Waals surface area contributed by atoms with Crippen LogP contribution in [0.2, 0.25) is 0 Å². The van der Waals surface area contributed by atoms with Crippen LogP contribution >= 0.6 is 0 Å². The van der Waals surface area contributed by atoms with E-state index in [1.807, 2.05) is 0 Å². The maximum atomic E-state index is 0. The van der Waals surface area contributed by atoms with Crippen molar-refractivity contribution in [3.63, 3.8) is 0 Å². The molecule has 0 saturated carbocycles. The van der Waals surface area contributed by atoms with Crippen molar-refractivity contribution < 1.29 is 23.5 Å². The molecule has 0 N–H and O–H groups in total. The number of rotatable bonds is 0. The Labute approximate surface area is 47.3 Å². The monoisotopic (exact) mass is 122 g/mol. The van der Waals surface area contributed by atoms with E-state index in [4.69, 9.17) is 0 Å². The number of hydrogen-bond donors (Lipinski definition) is 0. The molecule has 0 aromatic heterocycles. The molecule has 0 amide bonds. The maximum absolute atomic E-state index is 0.